The van der Waals surface area contributed by atoms with Gasteiger partial charge in [0.05, 0.1) is 18.4 Å². The van der Waals surface area contributed by atoms with E-state index in [1.54, 1.807) is 7.11 Å². The van der Waals surface area contributed by atoms with Crippen LogP contribution < -0.4 is 15.1 Å². The zero-order valence-electron chi connectivity index (χ0n) is 12.2. The molecule has 0 aliphatic carbocycles. The maximum absolute atomic E-state index is 12.1. The smallest absolute Gasteiger partial charge is 0.212 e. The first kappa shape index (κ1) is 13.7. The molecule has 3 nitrogen and oxygen atoms in total. The minimum absolute atomic E-state index is 0.174. The van der Waals surface area contributed by atoms with Gasteiger partial charge in [-0.3, -0.25) is 4.79 Å². The van der Waals surface area contributed by atoms with Crippen LogP contribution in [-0.2, 0) is 0 Å². The quantitative estimate of drug-likeness (QED) is 0.825. The summed E-state index contributed by atoms with van der Waals surface area (Å²) >= 11 is 0. The highest BCUT2D eigenvalue weighted by Crippen LogP contribution is 2.36. The molecule has 0 aliphatic rings. The minimum Gasteiger partial charge on any atom is -0.497 e. The van der Waals surface area contributed by atoms with Gasteiger partial charge in [0.15, 0.2) is 0 Å². The van der Waals surface area contributed by atoms with Gasteiger partial charge < -0.3 is 9.64 Å². The number of methoxy groups -OCH3 is 1. The van der Waals surface area contributed by atoms with Crippen LogP contribution in [0.25, 0.3) is 11.1 Å². The van der Waals surface area contributed by atoms with Gasteiger partial charge in [0.2, 0.25) is 5.43 Å². The minimum atomic E-state index is 0.174. The van der Waals surface area contributed by atoms with Crippen molar-refractivity contribution in [2.24, 2.45) is 0 Å². The molecule has 0 atom stereocenters. The Labute approximate surface area is 114 Å². The standard InChI is InChI=1S/C16H21NO2/c1-10(2)17(11(3)4)15-14(16(15)18)12-6-8-13(19-5)9-7-12/h6-11H,1-5H3. The Hall–Kier alpha value is -1.77. The molecule has 0 aromatic heterocycles. The van der Waals surface area contributed by atoms with Crippen LogP contribution in [-0.4, -0.2) is 19.2 Å². The fourth-order valence-electron chi connectivity index (χ4n) is 2.55. The molecule has 0 unspecified atom stereocenters. The van der Waals surface area contributed by atoms with E-state index in [1.807, 2.05) is 24.3 Å². The van der Waals surface area contributed by atoms with Crippen molar-refractivity contribution in [3.63, 3.8) is 0 Å². The summed E-state index contributed by atoms with van der Waals surface area (Å²) in [6.07, 6.45) is 0. The molecule has 0 saturated heterocycles. The third kappa shape index (κ3) is 2.50. The molecule has 0 radical (unpaired) electrons. The highest BCUT2D eigenvalue weighted by atomic mass is 16.5. The molecule has 3 heteroatoms. The molecule has 2 aromatic rings. The summed E-state index contributed by atoms with van der Waals surface area (Å²) in [7, 11) is 1.64. The number of nitrogens with zero attached hydrogens (tertiary/aromatic N) is 1. The normalized spacial score (nSPS) is 11.5. The van der Waals surface area contributed by atoms with E-state index in [1.165, 1.54) is 0 Å². The van der Waals surface area contributed by atoms with Crippen LogP contribution in [0.3, 0.4) is 0 Å². The van der Waals surface area contributed by atoms with Crippen LogP contribution in [0.4, 0.5) is 5.69 Å². The molecule has 0 spiro atoms. The van der Waals surface area contributed by atoms with E-state index < -0.39 is 0 Å². The molecule has 0 amide bonds. The molecule has 2 aromatic carbocycles. The summed E-state index contributed by atoms with van der Waals surface area (Å²) in [5, 5.41) is 0. The Morgan fingerprint density at radius 2 is 1.53 bits per heavy atom. The van der Waals surface area contributed by atoms with Gasteiger partial charge in [-0.15, -0.1) is 0 Å². The molecule has 0 fully saturated rings. The number of benzene rings is 1. The van der Waals surface area contributed by atoms with E-state index in [2.05, 4.69) is 32.6 Å². The van der Waals surface area contributed by atoms with Gasteiger partial charge in [0.1, 0.15) is 5.75 Å². The third-order valence-electron chi connectivity index (χ3n) is 3.37. The Morgan fingerprint density at radius 3 is 1.95 bits per heavy atom. The van der Waals surface area contributed by atoms with Crippen LogP contribution in [0, 0.1) is 0 Å². The maximum atomic E-state index is 12.1. The summed E-state index contributed by atoms with van der Waals surface area (Å²) < 4.78 is 5.14. The average Bonchev–Trinajstić information content (AvgIpc) is 3.00. The first-order chi connectivity index (χ1) is 8.97. The van der Waals surface area contributed by atoms with Crippen LogP contribution in [0.1, 0.15) is 27.7 Å². The van der Waals surface area contributed by atoms with Gasteiger partial charge in [-0.25, -0.2) is 0 Å². The highest BCUT2D eigenvalue weighted by Gasteiger charge is 2.31. The lowest BCUT2D eigenvalue weighted by atomic mass is 10.1. The summed E-state index contributed by atoms with van der Waals surface area (Å²) in [5.41, 5.74) is 2.87. The molecule has 0 heterocycles. The van der Waals surface area contributed by atoms with E-state index in [4.69, 9.17) is 4.74 Å². The van der Waals surface area contributed by atoms with Crippen molar-refractivity contribution in [3.05, 3.63) is 34.5 Å². The van der Waals surface area contributed by atoms with Crippen LogP contribution in [0.15, 0.2) is 29.1 Å². The second kappa shape index (κ2) is 5.08. The van der Waals surface area contributed by atoms with E-state index in [9.17, 15) is 4.79 Å². The second-order valence-corrected chi connectivity index (χ2v) is 5.38. The predicted molar refractivity (Wildman–Crippen MR) is 79.8 cm³/mol. The third-order valence-corrected chi connectivity index (χ3v) is 3.37. The van der Waals surface area contributed by atoms with Gasteiger partial charge >= 0.3 is 0 Å². The first-order valence-electron chi connectivity index (χ1n) is 6.69. The zero-order chi connectivity index (χ0) is 14.2. The summed E-state index contributed by atoms with van der Waals surface area (Å²) in [6, 6.07) is 8.32. The fourth-order valence-corrected chi connectivity index (χ4v) is 2.55. The monoisotopic (exact) mass is 259 g/mol. The number of hydrogen-bond donors (Lipinski definition) is 0. The maximum Gasteiger partial charge on any atom is 0.212 e. The zero-order valence-corrected chi connectivity index (χ0v) is 12.2. The van der Waals surface area contributed by atoms with E-state index in [0.29, 0.717) is 12.1 Å². The topological polar surface area (TPSA) is 29.5 Å². The van der Waals surface area contributed by atoms with Gasteiger partial charge in [-0.05, 0) is 45.4 Å². The summed E-state index contributed by atoms with van der Waals surface area (Å²) in [4.78, 5) is 14.3. The van der Waals surface area contributed by atoms with Crippen LogP contribution in [0.2, 0.25) is 0 Å². The van der Waals surface area contributed by atoms with E-state index in [-0.39, 0.29) is 5.43 Å². The lowest BCUT2D eigenvalue weighted by Gasteiger charge is -2.29. The summed E-state index contributed by atoms with van der Waals surface area (Å²) in [6.45, 7) is 8.46. The Bertz CT molecular complexity index is 552. The first-order valence-corrected chi connectivity index (χ1v) is 6.69. The van der Waals surface area contributed by atoms with E-state index >= 15 is 0 Å². The number of hydrogen-bond acceptors (Lipinski definition) is 3. The molecule has 2 rings (SSSR count). The lowest BCUT2D eigenvalue weighted by molar-refractivity contribution is 0.415. The van der Waals surface area contributed by atoms with Crippen molar-refractivity contribution >= 4 is 5.69 Å². The number of anilines is 1. The van der Waals surface area contributed by atoms with Crippen molar-refractivity contribution in [1.82, 2.24) is 0 Å². The van der Waals surface area contributed by atoms with Crippen molar-refractivity contribution in [2.45, 2.75) is 39.8 Å². The van der Waals surface area contributed by atoms with Crippen molar-refractivity contribution < 1.29 is 4.74 Å². The summed E-state index contributed by atoms with van der Waals surface area (Å²) in [5.74, 6) is 0.809. The predicted octanol–water partition coefficient (Wildman–Crippen LogP) is 3.22. The Balaban J connectivity index is 2.31. The average molecular weight is 259 g/mol. The molecule has 19 heavy (non-hydrogen) atoms. The Morgan fingerprint density at radius 1 is 1.00 bits per heavy atom. The Kier molecular flexibility index (Phi) is 3.65. The van der Waals surface area contributed by atoms with Crippen LogP contribution >= 0.6 is 0 Å². The van der Waals surface area contributed by atoms with Crippen molar-refractivity contribution in [3.8, 4) is 16.9 Å². The van der Waals surface area contributed by atoms with Crippen molar-refractivity contribution in [2.75, 3.05) is 12.0 Å². The molecular formula is C16H21NO2. The molecule has 0 aliphatic heterocycles. The fraction of sp³-hybridized carbons (Fsp3) is 0.438. The van der Waals surface area contributed by atoms with Crippen molar-refractivity contribution in [1.29, 1.82) is 0 Å². The highest BCUT2D eigenvalue weighted by molar-refractivity contribution is 5.90. The molecule has 102 valence electrons. The lowest BCUT2D eigenvalue weighted by Crippen LogP contribution is -2.36. The molecule has 0 N–H and O–H groups in total. The van der Waals surface area contributed by atoms with Gasteiger partial charge in [0, 0.05) is 12.1 Å². The molecule has 0 bridgehead atoms. The second-order valence-electron chi connectivity index (χ2n) is 5.38. The number of rotatable bonds is 5. The van der Waals surface area contributed by atoms with Gasteiger partial charge in [0.25, 0.3) is 0 Å². The van der Waals surface area contributed by atoms with Crippen LogP contribution in [0.5, 0.6) is 5.75 Å². The largest absolute Gasteiger partial charge is 0.497 e. The van der Waals surface area contributed by atoms with E-state index in [0.717, 1.165) is 22.6 Å². The number of ether oxygens (including phenoxy) is 1. The van der Waals surface area contributed by atoms with Gasteiger partial charge in [-0.2, -0.15) is 0 Å². The molecular weight excluding hydrogens is 238 g/mol. The van der Waals surface area contributed by atoms with Gasteiger partial charge in [-0.1, -0.05) is 12.1 Å². The molecule has 0 saturated carbocycles. The SMILES string of the molecule is COc1ccc(-c2c(N(C(C)C)C(C)C)c2=O)cc1.